The Morgan fingerprint density at radius 1 is 1.24 bits per heavy atom. The first-order valence-electron chi connectivity index (χ1n) is 15.1. The number of thioether (sulfide) groups is 1. The molecule has 1 saturated carbocycles. The lowest BCUT2D eigenvalue weighted by molar-refractivity contribution is -0.145. The van der Waals surface area contributed by atoms with Crippen molar-refractivity contribution in [3.05, 3.63) is 42.5 Å². The average molecular weight is 579 g/mol. The summed E-state index contributed by atoms with van der Waals surface area (Å²) in [4.78, 5) is 34.8. The Hall–Kier alpha value is -2.26. The smallest absolute Gasteiger partial charge is 0.246 e. The number of nitriles is 1. The minimum atomic E-state index is -0.478. The number of Topliss-reactive ketones (excluding diaryl/α,β-unsaturated/α-hetero) is 1. The number of rotatable bonds is 6. The Kier molecular flexibility index (Phi) is 8.29. The highest BCUT2D eigenvalue weighted by Crippen LogP contribution is 2.58. The molecule has 220 valence electrons. The minimum Gasteiger partial charge on any atom is -0.348 e. The number of likely N-dealkylation sites (tertiary alicyclic amines) is 1. The Balaban J connectivity index is 1.25. The number of piperazine rings is 1. The summed E-state index contributed by atoms with van der Waals surface area (Å²) >= 11 is 1.76. The van der Waals surface area contributed by atoms with Crippen molar-refractivity contribution in [2.24, 2.45) is 5.92 Å². The number of fused-ring (bicyclic) bond motifs is 2. The van der Waals surface area contributed by atoms with Crippen LogP contribution in [0, 0.1) is 17.2 Å². The van der Waals surface area contributed by atoms with Crippen LogP contribution in [-0.4, -0.2) is 102 Å². The van der Waals surface area contributed by atoms with Crippen molar-refractivity contribution in [3.63, 3.8) is 0 Å². The fraction of sp³-hybridized carbons (Fsp3) is 0.645. The second-order valence-corrected chi connectivity index (χ2v) is 13.7. The number of likely N-dealkylation sites (N-methyl/N-ethyl adjacent to an activating group) is 1. The molecule has 1 aromatic rings. The predicted molar refractivity (Wildman–Crippen MR) is 158 cm³/mol. The molecule has 1 amide bonds. The van der Waals surface area contributed by atoms with Crippen LogP contribution in [0.15, 0.2) is 41.8 Å². The molecule has 5 aliphatic rings. The summed E-state index contributed by atoms with van der Waals surface area (Å²) in [5.41, 5.74) is 1.27. The molecule has 2 N–H and O–H groups in total. The second kappa shape index (κ2) is 11.8. The van der Waals surface area contributed by atoms with Gasteiger partial charge in [0.15, 0.2) is 12.1 Å². The summed E-state index contributed by atoms with van der Waals surface area (Å²) in [5.74, 6) is 0.342. The number of nitrogens with one attached hydrogen (secondary N) is 2. The molecule has 1 aromatic carbocycles. The maximum absolute atomic E-state index is 14.6. The van der Waals surface area contributed by atoms with Gasteiger partial charge in [0.25, 0.3) is 0 Å². The molecule has 4 fully saturated rings. The number of ketones is 1. The lowest BCUT2D eigenvalue weighted by Gasteiger charge is -2.54. The SMILES string of the molecule is C=CC(=O)N1CCN(C2NC(OCC3CCCN3C)NC3C(=O)[C@@]4(CCC32)Sc2ccccc2C4C)CC1CC#N. The van der Waals surface area contributed by atoms with E-state index in [1.165, 1.54) is 23.0 Å². The van der Waals surface area contributed by atoms with Gasteiger partial charge in [0.1, 0.15) is 0 Å². The molecule has 0 aromatic heterocycles. The van der Waals surface area contributed by atoms with Crippen LogP contribution >= 0.6 is 11.8 Å². The summed E-state index contributed by atoms with van der Waals surface area (Å²) in [7, 11) is 2.14. The van der Waals surface area contributed by atoms with Gasteiger partial charge in [0.05, 0.1) is 42.1 Å². The van der Waals surface area contributed by atoms with Crippen molar-refractivity contribution < 1.29 is 14.3 Å². The zero-order chi connectivity index (χ0) is 28.7. The van der Waals surface area contributed by atoms with Crippen molar-refractivity contribution in [3.8, 4) is 6.07 Å². The van der Waals surface area contributed by atoms with E-state index in [9.17, 15) is 14.9 Å². The molecule has 0 radical (unpaired) electrons. The molecule has 6 rings (SSSR count). The van der Waals surface area contributed by atoms with Gasteiger partial charge in [-0.15, -0.1) is 11.8 Å². The van der Waals surface area contributed by atoms with Crippen molar-refractivity contribution in [1.82, 2.24) is 25.3 Å². The zero-order valence-corrected chi connectivity index (χ0v) is 24.9. The van der Waals surface area contributed by atoms with Gasteiger partial charge in [0, 0.05) is 42.4 Å². The molecule has 1 spiro atoms. The quantitative estimate of drug-likeness (QED) is 0.493. The van der Waals surface area contributed by atoms with Crippen LogP contribution in [0.25, 0.3) is 0 Å². The summed E-state index contributed by atoms with van der Waals surface area (Å²) in [6.45, 7) is 9.31. The van der Waals surface area contributed by atoms with Gasteiger partial charge in [-0.05, 0) is 57.0 Å². The maximum atomic E-state index is 14.6. The Morgan fingerprint density at radius 2 is 2.07 bits per heavy atom. The summed E-state index contributed by atoms with van der Waals surface area (Å²) in [5, 5.41) is 16.9. The molecule has 4 heterocycles. The maximum Gasteiger partial charge on any atom is 0.246 e. The molecule has 41 heavy (non-hydrogen) atoms. The highest BCUT2D eigenvalue weighted by Gasteiger charge is 2.59. The molecular weight excluding hydrogens is 536 g/mol. The van der Waals surface area contributed by atoms with Gasteiger partial charge in [-0.2, -0.15) is 5.26 Å². The van der Waals surface area contributed by atoms with E-state index in [4.69, 9.17) is 4.74 Å². The van der Waals surface area contributed by atoms with Gasteiger partial charge < -0.3 is 14.5 Å². The summed E-state index contributed by atoms with van der Waals surface area (Å²) < 4.78 is 5.99. The fourth-order valence-electron chi connectivity index (χ4n) is 7.85. The first-order chi connectivity index (χ1) is 19.9. The molecular formula is C31H42N6O3S. The average Bonchev–Trinajstić information content (AvgIpc) is 3.53. The number of carbonyl (C=O) groups excluding carboxylic acids is 2. The van der Waals surface area contributed by atoms with E-state index in [0.29, 0.717) is 32.3 Å². The predicted octanol–water partition coefficient (Wildman–Crippen LogP) is 2.51. The van der Waals surface area contributed by atoms with Crippen molar-refractivity contribution >= 4 is 23.5 Å². The zero-order valence-electron chi connectivity index (χ0n) is 24.1. The van der Waals surface area contributed by atoms with E-state index >= 15 is 0 Å². The fourth-order valence-corrected chi connectivity index (χ4v) is 9.50. The van der Waals surface area contributed by atoms with E-state index in [1.54, 1.807) is 16.7 Å². The summed E-state index contributed by atoms with van der Waals surface area (Å²) in [6.07, 6.45) is 5.05. The van der Waals surface area contributed by atoms with Crippen LogP contribution in [0.2, 0.25) is 0 Å². The van der Waals surface area contributed by atoms with E-state index in [1.807, 2.05) is 0 Å². The van der Waals surface area contributed by atoms with E-state index in [2.05, 4.69) is 71.3 Å². The third kappa shape index (κ3) is 5.15. The minimum absolute atomic E-state index is 0.0584. The summed E-state index contributed by atoms with van der Waals surface area (Å²) in [6, 6.07) is 10.5. The molecule has 3 saturated heterocycles. The second-order valence-electron chi connectivity index (χ2n) is 12.3. The van der Waals surface area contributed by atoms with Gasteiger partial charge >= 0.3 is 0 Å². The molecule has 1 aliphatic carbocycles. The van der Waals surface area contributed by atoms with E-state index in [0.717, 1.165) is 25.8 Å². The molecule has 0 bridgehead atoms. The lowest BCUT2D eigenvalue weighted by Crippen LogP contribution is -2.75. The van der Waals surface area contributed by atoms with Gasteiger partial charge in [0.2, 0.25) is 5.91 Å². The number of hydrogen-bond donors (Lipinski definition) is 2. The van der Waals surface area contributed by atoms with Crippen LogP contribution in [0.4, 0.5) is 0 Å². The molecule has 8 atom stereocenters. The van der Waals surface area contributed by atoms with Crippen molar-refractivity contribution in [2.45, 2.75) is 85.2 Å². The van der Waals surface area contributed by atoms with E-state index in [-0.39, 0.29) is 48.2 Å². The number of ether oxygens (including phenoxy) is 1. The normalized spacial score (nSPS) is 37.5. The number of amides is 1. The first kappa shape index (κ1) is 28.8. The number of hydrogen-bond acceptors (Lipinski definition) is 9. The number of carbonyl (C=O) groups is 2. The molecule has 9 nitrogen and oxygen atoms in total. The topological polar surface area (TPSA) is 101 Å². The van der Waals surface area contributed by atoms with Crippen LogP contribution in [0.1, 0.15) is 50.5 Å². The standard InChI is InChI=1S/C31H42N6O3S/c1-4-26(38)37-17-16-36(18-21(37)12-14-32)29-24-11-13-31(20(2)23-9-5-6-10-25(23)41-31)28(39)27(24)33-30(34-29)40-19-22-8-7-15-35(22)3/h4-6,9-10,20-22,24,27,29-30,33-34H,1,7-8,11-13,15-19H2,2-3H3/t20?,21?,22?,24?,27?,29?,30?,31-/m0/s1. The van der Waals surface area contributed by atoms with Gasteiger partial charge in [-0.25, -0.2) is 0 Å². The monoisotopic (exact) mass is 578 g/mol. The lowest BCUT2D eigenvalue weighted by atomic mass is 9.68. The van der Waals surface area contributed by atoms with Crippen LogP contribution in [0.5, 0.6) is 0 Å². The Bertz CT molecular complexity index is 1220. The molecule has 7 unspecified atom stereocenters. The Morgan fingerprint density at radius 3 is 2.80 bits per heavy atom. The first-order valence-corrected chi connectivity index (χ1v) is 15.9. The van der Waals surface area contributed by atoms with E-state index < -0.39 is 11.1 Å². The van der Waals surface area contributed by atoms with Gasteiger partial charge in [-0.3, -0.25) is 25.1 Å². The van der Waals surface area contributed by atoms with Crippen LogP contribution in [-0.2, 0) is 14.3 Å². The highest BCUT2D eigenvalue weighted by molar-refractivity contribution is 8.01. The highest BCUT2D eigenvalue weighted by atomic mass is 32.2. The number of nitrogens with zero attached hydrogens (tertiary/aromatic N) is 4. The third-order valence-corrected chi connectivity index (χ3v) is 11.9. The molecule has 10 heteroatoms. The van der Waals surface area contributed by atoms with Crippen molar-refractivity contribution in [1.29, 1.82) is 5.26 Å². The van der Waals surface area contributed by atoms with Gasteiger partial charge in [-0.1, -0.05) is 31.7 Å². The Labute approximate surface area is 247 Å². The third-order valence-electron chi connectivity index (χ3n) is 10.2. The molecule has 4 aliphatic heterocycles. The van der Waals surface area contributed by atoms with Crippen LogP contribution in [0.3, 0.4) is 0 Å². The largest absolute Gasteiger partial charge is 0.348 e. The van der Waals surface area contributed by atoms with Crippen LogP contribution < -0.4 is 10.6 Å². The number of benzene rings is 1. The van der Waals surface area contributed by atoms with Crippen molar-refractivity contribution in [2.75, 3.05) is 39.8 Å².